The summed E-state index contributed by atoms with van der Waals surface area (Å²) in [4.78, 5) is 23.8. The van der Waals surface area contributed by atoms with E-state index < -0.39 is 30.4 Å². The number of benzene rings is 1. The van der Waals surface area contributed by atoms with E-state index in [2.05, 4.69) is 5.32 Å². The van der Waals surface area contributed by atoms with Gasteiger partial charge in [-0.05, 0) is 67.6 Å². The average molecular weight is 392 g/mol. The predicted molar refractivity (Wildman–Crippen MR) is 101 cm³/mol. The summed E-state index contributed by atoms with van der Waals surface area (Å²) in [6, 6.07) is 3.01. The van der Waals surface area contributed by atoms with E-state index in [1.54, 1.807) is 6.07 Å². The number of nitrogens with two attached hydrogens (primary N) is 1. The molecule has 0 heterocycles. The molecule has 6 N–H and O–H groups in total. The second-order valence-corrected chi connectivity index (χ2v) is 7.91. The third kappa shape index (κ3) is 3.92. The Morgan fingerprint density at radius 3 is 2.57 bits per heavy atom. The fourth-order valence-electron chi connectivity index (χ4n) is 4.59. The van der Waals surface area contributed by atoms with E-state index in [1.807, 2.05) is 0 Å². The lowest BCUT2D eigenvalue weighted by Crippen LogP contribution is -2.53. The molecule has 28 heavy (non-hydrogen) atoms. The highest BCUT2D eigenvalue weighted by Gasteiger charge is 2.44. The third-order valence-corrected chi connectivity index (χ3v) is 6.11. The van der Waals surface area contributed by atoms with Crippen molar-refractivity contribution < 1.29 is 29.1 Å². The molecule has 152 valence electrons. The van der Waals surface area contributed by atoms with Crippen molar-refractivity contribution >= 4 is 19.0 Å². The normalized spacial score (nSPS) is 22.3. The molecule has 9 heteroatoms. The number of amides is 1. The van der Waals surface area contributed by atoms with E-state index in [0.29, 0.717) is 48.8 Å². The van der Waals surface area contributed by atoms with Crippen molar-refractivity contribution in [2.24, 2.45) is 11.7 Å². The lowest BCUT2D eigenvalue weighted by molar-refractivity contribution is -0.140. The Morgan fingerprint density at radius 1 is 1.32 bits per heavy atom. The molecule has 0 aromatic heterocycles. The molecule has 1 saturated carbocycles. The quantitative estimate of drug-likeness (QED) is 0.417. The fourth-order valence-corrected chi connectivity index (χ4v) is 4.59. The number of carbonyl (C=O) groups excluding carboxylic acids is 1. The first-order chi connectivity index (χ1) is 13.3. The van der Waals surface area contributed by atoms with Crippen molar-refractivity contribution in [2.75, 3.05) is 6.54 Å². The molecular formula is C19H26BFN2O5. The van der Waals surface area contributed by atoms with Crippen LogP contribution in [0.25, 0.3) is 0 Å². The molecule has 1 aromatic carbocycles. The summed E-state index contributed by atoms with van der Waals surface area (Å²) in [5.74, 6) is -2.77. The number of hydrogen-bond donors (Lipinski definition) is 5. The second-order valence-electron chi connectivity index (χ2n) is 7.91. The minimum atomic E-state index is -1.42. The number of halogens is 1. The Morgan fingerprint density at radius 2 is 2.04 bits per heavy atom. The van der Waals surface area contributed by atoms with Gasteiger partial charge in [0.1, 0.15) is 5.82 Å². The van der Waals surface area contributed by atoms with Crippen molar-refractivity contribution in [2.45, 2.75) is 56.3 Å². The topological polar surface area (TPSA) is 133 Å². The number of rotatable bonds is 8. The number of hydrogen-bond acceptors (Lipinski definition) is 5. The van der Waals surface area contributed by atoms with Crippen LogP contribution in [-0.4, -0.2) is 40.7 Å². The number of carbonyl (C=O) groups is 2. The zero-order valence-electron chi connectivity index (χ0n) is 15.7. The van der Waals surface area contributed by atoms with Crippen molar-refractivity contribution in [3.05, 3.63) is 34.6 Å². The molecule has 0 aliphatic heterocycles. The van der Waals surface area contributed by atoms with Crippen LogP contribution in [0.3, 0.4) is 0 Å². The number of carboxylic acid groups (broad SMARTS) is 1. The first-order valence-corrected chi connectivity index (χ1v) is 9.70. The second kappa shape index (κ2) is 8.18. The Labute approximate surface area is 163 Å². The maximum absolute atomic E-state index is 14.9. The zero-order chi connectivity index (χ0) is 20.5. The summed E-state index contributed by atoms with van der Waals surface area (Å²) in [7, 11) is -1.42. The standard InChI is InChI=1S/C19H26BFN2O5/c21-15-8-12-7-11(3-1-6-20(27)28)17(18(25)26)13(12)9-14(15)19(4-2-5-19)23-16(24)10-22/h8-9,11,17,27-28H,1-7,10,22H2,(H,23,24)(H,25,26). The van der Waals surface area contributed by atoms with Gasteiger partial charge in [-0.25, -0.2) is 4.39 Å². The van der Waals surface area contributed by atoms with Crippen LogP contribution < -0.4 is 11.1 Å². The average Bonchev–Trinajstić information content (AvgIpc) is 2.94. The first-order valence-electron chi connectivity index (χ1n) is 9.70. The highest BCUT2D eigenvalue weighted by atomic mass is 19.1. The van der Waals surface area contributed by atoms with Gasteiger partial charge in [0.25, 0.3) is 0 Å². The molecule has 2 unspecified atom stereocenters. The highest BCUT2D eigenvalue weighted by molar-refractivity contribution is 6.40. The summed E-state index contributed by atoms with van der Waals surface area (Å²) >= 11 is 0. The lowest BCUT2D eigenvalue weighted by Gasteiger charge is -2.43. The van der Waals surface area contributed by atoms with Gasteiger partial charge in [0.2, 0.25) is 5.91 Å². The molecule has 0 bridgehead atoms. The molecule has 7 nitrogen and oxygen atoms in total. The van der Waals surface area contributed by atoms with Gasteiger partial charge < -0.3 is 26.2 Å². The van der Waals surface area contributed by atoms with Crippen molar-refractivity contribution in [1.29, 1.82) is 0 Å². The molecule has 0 spiro atoms. The summed E-state index contributed by atoms with van der Waals surface area (Å²) in [6.07, 6.45) is 3.62. The van der Waals surface area contributed by atoms with E-state index in [4.69, 9.17) is 15.8 Å². The molecule has 2 atom stereocenters. The predicted octanol–water partition coefficient (Wildman–Crippen LogP) is 0.873. The van der Waals surface area contributed by atoms with E-state index in [0.717, 1.165) is 6.42 Å². The van der Waals surface area contributed by atoms with Gasteiger partial charge in [0, 0.05) is 5.56 Å². The molecule has 0 radical (unpaired) electrons. The monoisotopic (exact) mass is 392 g/mol. The van der Waals surface area contributed by atoms with E-state index in [-0.39, 0.29) is 24.7 Å². The molecular weight excluding hydrogens is 366 g/mol. The van der Waals surface area contributed by atoms with E-state index >= 15 is 0 Å². The molecule has 1 aromatic rings. The highest BCUT2D eigenvalue weighted by Crippen LogP contribution is 2.47. The molecule has 1 fully saturated rings. The van der Waals surface area contributed by atoms with Crippen LogP contribution in [0.15, 0.2) is 12.1 Å². The number of carboxylic acids is 1. The van der Waals surface area contributed by atoms with Crippen LogP contribution in [0, 0.1) is 11.7 Å². The maximum atomic E-state index is 14.9. The molecule has 2 aliphatic rings. The first kappa shape index (κ1) is 20.8. The largest absolute Gasteiger partial charge is 0.481 e. The Kier molecular flexibility index (Phi) is 6.07. The van der Waals surface area contributed by atoms with Gasteiger partial charge in [-0.1, -0.05) is 6.42 Å². The fraction of sp³-hybridized carbons (Fsp3) is 0.579. The lowest BCUT2D eigenvalue weighted by atomic mass is 9.70. The summed E-state index contributed by atoms with van der Waals surface area (Å²) in [5, 5.41) is 30.6. The van der Waals surface area contributed by atoms with Gasteiger partial charge in [0.15, 0.2) is 0 Å². The Bertz CT molecular complexity index is 769. The van der Waals surface area contributed by atoms with E-state index in [1.165, 1.54) is 6.07 Å². The SMILES string of the molecule is NCC(=O)NC1(c2cc3c(cc2F)CC(CCCB(O)O)C3C(=O)O)CCC1. The van der Waals surface area contributed by atoms with Crippen molar-refractivity contribution in [3.63, 3.8) is 0 Å². The van der Waals surface area contributed by atoms with Crippen LogP contribution >= 0.6 is 0 Å². The van der Waals surface area contributed by atoms with Crippen LogP contribution in [0.1, 0.15) is 54.7 Å². The van der Waals surface area contributed by atoms with Gasteiger partial charge in [-0.3, -0.25) is 9.59 Å². The summed E-state index contributed by atoms with van der Waals surface area (Å²) in [6.45, 7) is -0.190. The summed E-state index contributed by atoms with van der Waals surface area (Å²) in [5.41, 5.74) is 6.16. The van der Waals surface area contributed by atoms with Crippen LogP contribution in [-0.2, 0) is 21.5 Å². The van der Waals surface area contributed by atoms with Crippen molar-refractivity contribution in [3.8, 4) is 0 Å². The molecule has 0 saturated heterocycles. The van der Waals surface area contributed by atoms with Gasteiger partial charge in [-0.15, -0.1) is 0 Å². The van der Waals surface area contributed by atoms with Gasteiger partial charge >= 0.3 is 13.1 Å². The summed E-state index contributed by atoms with van der Waals surface area (Å²) < 4.78 is 14.9. The molecule has 2 aliphatic carbocycles. The number of nitrogens with one attached hydrogen (secondary N) is 1. The van der Waals surface area contributed by atoms with Gasteiger partial charge in [-0.2, -0.15) is 0 Å². The maximum Gasteiger partial charge on any atom is 0.451 e. The molecule has 3 rings (SSSR count). The van der Waals surface area contributed by atoms with Crippen LogP contribution in [0.2, 0.25) is 6.32 Å². The number of aliphatic carboxylic acids is 1. The van der Waals surface area contributed by atoms with E-state index in [9.17, 15) is 19.1 Å². The smallest absolute Gasteiger partial charge is 0.451 e. The van der Waals surface area contributed by atoms with Crippen LogP contribution in [0.4, 0.5) is 4.39 Å². The minimum absolute atomic E-state index is 0.174. The Balaban J connectivity index is 1.90. The zero-order valence-corrected chi connectivity index (χ0v) is 15.7. The third-order valence-electron chi connectivity index (χ3n) is 6.11. The van der Waals surface area contributed by atoms with Gasteiger partial charge in [0.05, 0.1) is 18.0 Å². The molecule has 1 amide bonds. The minimum Gasteiger partial charge on any atom is -0.481 e. The number of fused-ring (bicyclic) bond motifs is 1. The van der Waals surface area contributed by atoms with Crippen molar-refractivity contribution in [1.82, 2.24) is 5.32 Å². The van der Waals surface area contributed by atoms with Crippen LogP contribution in [0.5, 0.6) is 0 Å². The Hall–Kier alpha value is -1.97.